The Morgan fingerprint density at radius 2 is 1.31 bits per heavy atom. The summed E-state index contributed by atoms with van der Waals surface area (Å²) in [5.41, 5.74) is 1.23. The number of hydrogen-bond donors (Lipinski definition) is 0. The minimum Gasteiger partial charge on any atom is -0.207 e. The van der Waals surface area contributed by atoms with E-state index in [2.05, 4.69) is 31.2 Å². The van der Waals surface area contributed by atoms with E-state index < -0.39 is 0 Å². The third-order valence-electron chi connectivity index (χ3n) is 2.91. The summed E-state index contributed by atoms with van der Waals surface area (Å²) in [5.74, 6) is -0.181. The summed E-state index contributed by atoms with van der Waals surface area (Å²) in [7, 11) is 0. The van der Waals surface area contributed by atoms with E-state index in [9.17, 15) is 4.39 Å². The molecule has 0 radical (unpaired) electrons. The van der Waals surface area contributed by atoms with Crippen molar-refractivity contribution in [2.45, 2.75) is 6.92 Å². The van der Waals surface area contributed by atoms with Crippen LogP contribution in [0.3, 0.4) is 0 Å². The van der Waals surface area contributed by atoms with Gasteiger partial charge < -0.3 is 0 Å². The third kappa shape index (κ3) is 1.45. The fraction of sp³-hybridized carbons (Fsp3) is 0.0667. The van der Waals surface area contributed by atoms with E-state index in [1.54, 1.807) is 6.07 Å². The van der Waals surface area contributed by atoms with Crippen molar-refractivity contribution in [2.24, 2.45) is 0 Å². The highest BCUT2D eigenvalue weighted by atomic mass is 19.1. The number of aryl methyl sites for hydroxylation is 1. The van der Waals surface area contributed by atoms with Gasteiger partial charge in [-0.2, -0.15) is 0 Å². The zero-order valence-electron chi connectivity index (χ0n) is 9.00. The second kappa shape index (κ2) is 3.31. The molecule has 0 saturated heterocycles. The highest BCUT2D eigenvalue weighted by Crippen LogP contribution is 2.24. The van der Waals surface area contributed by atoms with Gasteiger partial charge in [-0.25, -0.2) is 4.39 Å². The SMILES string of the molecule is Cc1ccc2cc3ccc(F)cc3cc2c1. The second-order valence-electron chi connectivity index (χ2n) is 4.19. The first kappa shape index (κ1) is 9.34. The number of fused-ring (bicyclic) bond motifs is 2. The van der Waals surface area contributed by atoms with Gasteiger partial charge in [-0.1, -0.05) is 29.8 Å². The van der Waals surface area contributed by atoms with Crippen LogP contribution in [0.2, 0.25) is 0 Å². The lowest BCUT2D eigenvalue weighted by Gasteiger charge is -2.03. The molecule has 0 heterocycles. The van der Waals surface area contributed by atoms with Crippen molar-refractivity contribution in [1.82, 2.24) is 0 Å². The normalized spacial score (nSPS) is 11.1. The van der Waals surface area contributed by atoms with Crippen LogP contribution >= 0.6 is 0 Å². The standard InChI is InChI=1S/C15H11F/c1-10-2-3-11-7-12-4-5-15(16)9-14(12)8-13(11)6-10/h2-9H,1H3. The molecule has 1 heteroatoms. The van der Waals surface area contributed by atoms with Gasteiger partial charge in [0.15, 0.2) is 0 Å². The van der Waals surface area contributed by atoms with Crippen LogP contribution in [-0.2, 0) is 0 Å². The van der Waals surface area contributed by atoms with Crippen molar-refractivity contribution < 1.29 is 4.39 Å². The highest BCUT2D eigenvalue weighted by molar-refractivity contribution is 5.98. The lowest BCUT2D eigenvalue weighted by Crippen LogP contribution is -1.79. The molecule has 0 aliphatic rings. The minimum atomic E-state index is -0.181. The largest absolute Gasteiger partial charge is 0.207 e. The molecule has 0 aliphatic heterocycles. The molecule has 0 fully saturated rings. The number of benzene rings is 3. The topological polar surface area (TPSA) is 0 Å². The quantitative estimate of drug-likeness (QED) is 0.481. The molecule has 3 aromatic rings. The van der Waals surface area contributed by atoms with Gasteiger partial charge in [0.2, 0.25) is 0 Å². The maximum atomic E-state index is 13.1. The van der Waals surface area contributed by atoms with Gasteiger partial charge >= 0.3 is 0 Å². The van der Waals surface area contributed by atoms with E-state index in [0.717, 1.165) is 16.2 Å². The van der Waals surface area contributed by atoms with Gasteiger partial charge in [-0.15, -0.1) is 0 Å². The van der Waals surface area contributed by atoms with Crippen LogP contribution in [0.1, 0.15) is 5.56 Å². The highest BCUT2D eigenvalue weighted by Gasteiger charge is 1.99. The predicted octanol–water partition coefficient (Wildman–Crippen LogP) is 4.44. The molecule has 0 atom stereocenters. The molecule has 0 bridgehead atoms. The summed E-state index contributed by atoms with van der Waals surface area (Å²) >= 11 is 0. The van der Waals surface area contributed by atoms with Gasteiger partial charge in [-0.05, 0) is 52.7 Å². The summed E-state index contributed by atoms with van der Waals surface area (Å²) in [5, 5.41) is 4.40. The van der Waals surface area contributed by atoms with Crippen molar-refractivity contribution in [3.63, 3.8) is 0 Å². The lowest BCUT2D eigenvalue weighted by atomic mass is 10.0. The molecule has 0 unspecified atom stereocenters. The van der Waals surface area contributed by atoms with Crippen LogP contribution in [0.25, 0.3) is 21.5 Å². The van der Waals surface area contributed by atoms with E-state index in [-0.39, 0.29) is 5.82 Å². The monoisotopic (exact) mass is 210 g/mol. The van der Waals surface area contributed by atoms with Gasteiger partial charge in [0.05, 0.1) is 0 Å². The second-order valence-corrected chi connectivity index (χ2v) is 4.19. The Kier molecular flexibility index (Phi) is 1.93. The van der Waals surface area contributed by atoms with Gasteiger partial charge in [0.25, 0.3) is 0 Å². The molecule has 0 saturated carbocycles. The van der Waals surface area contributed by atoms with Crippen LogP contribution in [0.4, 0.5) is 4.39 Å². The maximum absolute atomic E-state index is 13.1. The van der Waals surface area contributed by atoms with Crippen molar-refractivity contribution >= 4 is 21.5 Å². The smallest absolute Gasteiger partial charge is 0.123 e. The molecule has 0 spiro atoms. The van der Waals surface area contributed by atoms with E-state index in [1.807, 2.05) is 12.1 Å². The number of halogens is 1. The molecule has 0 aromatic heterocycles. The summed E-state index contributed by atoms with van der Waals surface area (Å²) in [6.07, 6.45) is 0. The Morgan fingerprint density at radius 1 is 0.688 bits per heavy atom. The average molecular weight is 210 g/mol. The Hall–Kier alpha value is -1.89. The Labute approximate surface area is 93.3 Å². The van der Waals surface area contributed by atoms with Crippen LogP contribution in [0.15, 0.2) is 48.5 Å². The minimum absolute atomic E-state index is 0.181. The Balaban J connectivity index is 2.44. The van der Waals surface area contributed by atoms with Crippen LogP contribution in [0, 0.1) is 12.7 Å². The lowest BCUT2D eigenvalue weighted by molar-refractivity contribution is 0.630. The van der Waals surface area contributed by atoms with Crippen molar-refractivity contribution in [2.75, 3.05) is 0 Å². The molecule has 3 aromatic carbocycles. The van der Waals surface area contributed by atoms with E-state index in [0.29, 0.717) is 0 Å². The van der Waals surface area contributed by atoms with E-state index in [1.165, 1.54) is 17.0 Å². The molecular weight excluding hydrogens is 199 g/mol. The Morgan fingerprint density at radius 3 is 2.12 bits per heavy atom. The van der Waals surface area contributed by atoms with Crippen molar-refractivity contribution in [1.29, 1.82) is 0 Å². The van der Waals surface area contributed by atoms with Gasteiger partial charge in [0.1, 0.15) is 5.82 Å². The number of rotatable bonds is 0. The first-order valence-corrected chi connectivity index (χ1v) is 5.32. The first-order valence-electron chi connectivity index (χ1n) is 5.32. The first-order chi connectivity index (χ1) is 7.72. The van der Waals surface area contributed by atoms with Crippen LogP contribution in [0.5, 0.6) is 0 Å². The molecular formula is C15H11F. The van der Waals surface area contributed by atoms with Crippen molar-refractivity contribution in [3.8, 4) is 0 Å². The molecule has 0 aliphatic carbocycles. The molecule has 3 rings (SSSR count). The summed E-state index contributed by atoms with van der Waals surface area (Å²) in [6, 6.07) is 15.4. The average Bonchev–Trinajstić information content (AvgIpc) is 2.26. The fourth-order valence-corrected chi connectivity index (χ4v) is 2.09. The molecule has 0 N–H and O–H groups in total. The molecule has 16 heavy (non-hydrogen) atoms. The Bertz CT molecular complexity index is 626. The van der Waals surface area contributed by atoms with Crippen LogP contribution < -0.4 is 0 Å². The number of hydrogen-bond acceptors (Lipinski definition) is 0. The summed E-state index contributed by atoms with van der Waals surface area (Å²) in [6.45, 7) is 2.06. The molecule has 0 nitrogen and oxygen atoms in total. The maximum Gasteiger partial charge on any atom is 0.123 e. The third-order valence-corrected chi connectivity index (χ3v) is 2.91. The van der Waals surface area contributed by atoms with E-state index in [4.69, 9.17) is 0 Å². The molecule has 78 valence electrons. The fourth-order valence-electron chi connectivity index (χ4n) is 2.09. The predicted molar refractivity (Wildman–Crippen MR) is 66.1 cm³/mol. The van der Waals surface area contributed by atoms with Crippen molar-refractivity contribution in [3.05, 3.63) is 59.9 Å². The van der Waals surface area contributed by atoms with E-state index >= 15 is 0 Å². The molecule has 0 amide bonds. The van der Waals surface area contributed by atoms with Crippen LogP contribution in [-0.4, -0.2) is 0 Å². The zero-order valence-corrected chi connectivity index (χ0v) is 9.00. The zero-order chi connectivity index (χ0) is 11.1. The summed E-state index contributed by atoms with van der Waals surface area (Å²) < 4.78 is 13.1. The summed E-state index contributed by atoms with van der Waals surface area (Å²) in [4.78, 5) is 0. The van der Waals surface area contributed by atoms with Gasteiger partial charge in [-0.3, -0.25) is 0 Å². The van der Waals surface area contributed by atoms with Gasteiger partial charge in [0, 0.05) is 0 Å².